The lowest BCUT2D eigenvalue weighted by Gasteiger charge is -2.38. The van der Waals surface area contributed by atoms with Gasteiger partial charge in [0, 0.05) is 45.5 Å². The molecule has 0 bridgehead atoms. The van der Waals surface area contributed by atoms with Gasteiger partial charge in [-0.25, -0.2) is 0 Å². The Balaban J connectivity index is 1.70. The smallest absolute Gasteiger partial charge is 0.246 e. The van der Waals surface area contributed by atoms with Crippen molar-refractivity contribution in [1.29, 1.82) is 0 Å². The third kappa shape index (κ3) is 4.27. The number of aliphatic hydroxyl groups excluding tert-OH is 2. The number of carbonyl (C=O) groups excluding carboxylic acids is 1. The van der Waals surface area contributed by atoms with E-state index in [-0.39, 0.29) is 11.9 Å². The molecule has 2 aliphatic rings. The van der Waals surface area contributed by atoms with E-state index in [1.807, 2.05) is 13.1 Å². The minimum atomic E-state index is -0.864. The summed E-state index contributed by atoms with van der Waals surface area (Å²) < 4.78 is 7.05. The third-order valence-electron chi connectivity index (χ3n) is 4.97. The van der Waals surface area contributed by atoms with Crippen LogP contribution < -0.4 is 0 Å². The van der Waals surface area contributed by atoms with Crippen LogP contribution in [0.5, 0.6) is 0 Å². The Morgan fingerprint density at radius 3 is 2.76 bits per heavy atom. The van der Waals surface area contributed by atoms with E-state index < -0.39 is 12.2 Å². The molecule has 2 aliphatic heterocycles. The van der Waals surface area contributed by atoms with Crippen molar-refractivity contribution in [3.63, 3.8) is 0 Å². The van der Waals surface area contributed by atoms with E-state index in [1.165, 1.54) is 6.08 Å². The molecule has 8 nitrogen and oxygen atoms in total. The van der Waals surface area contributed by atoms with Crippen LogP contribution in [0.25, 0.3) is 6.08 Å². The number of likely N-dealkylation sites (tertiary alicyclic amines) is 1. The van der Waals surface area contributed by atoms with Gasteiger partial charge in [0.2, 0.25) is 5.91 Å². The van der Waals surface area contributed by atoms with Crippen LogP contribution in [0.3, 0.4) is 0 Å². The molecule has 3 atom stereocenters. The standard InChI is InChI=1S/C17H26N4O4/c1-19-13(4-6-18-19)2-3-16(23)21-7-5-15(22)17(24)14(12-21)20-8-10-25-11-9-20/h2-4,6,14-15,17,22,24H,5,7-12H2,1H3/b3-2+/t14-,15-,17+/m1/s1. The predicted molar refractivity (Wildman–Crippen MR) is 91.6 cm³/mol. The molecule has 3 heterocycles. The van der Waals surface area contributed by atoms with Crippen molar-refractivity contribution in [2.24, 2.45) is 7.05 Å². The van der Waals surface area contributed by atoms with E-state index in [4.69, 9.17) is 4.74 Å². The van der Waals surface area contributed by atoms with Gasteiger partial charge in [-0.15, -0.1) is 0 Å². The Bertz CT molecular complexity index is 612. The zero-order valence-corrected chi connectivity index (χ0v) is 14.5. The van der Waals surface area contributed by atoms with Crippen LogP contribution in [0.4, 0.5) is 0 Å². The monoisotopic (exact) mass is 350 g/mol. The highest BCUT2D eigenvalue weighted by atomic mass is 16.5. The van der Waals surface area contributed by atoms with Gasteiger partial charge in [-0.05, 0) is 18.6 Å². The lowest BCUT2D eigenvalue weighted by Crippen LogP contribution is -2.55. The van der Waals surface area contributed by atoms with Crippen molar-refractivity contribution < 1.29 is 19.7 Å². The normalized spacial score (nSPS) is 29.1. The molecule has 0 radical (unpaired) electrons. The number of nitrogens with zero attached hydrogens (tertiary/aromatic N) is 4. The van der Waals surface area contributed by atoms with Crippen LogP contribution in [0.1, 0.15) is 12.1 Å². The average Bonchev–Trinajstić information content (AvgIpc) is 2.98. The van der Waals surface area contributed by atoms with E-state index in [9.17, 15) is 15.0 Å². The molecule has 2 saturated heterocycles. The van der Waals surface area contributed by atoms with E-state index in [2.05, 4.69) is 10.00 Å². The Kier molecular flexibility index (Phi) is 5.85. The predicted octanol–water partition coefficient (Wildman–Crippen LogP) is -0.912. The Morgan fingerprint density at radius 1 is 1.32 bits per heavy atom. The zero-order chi connectivity index (χ0) is 17.8. The van der Waals surface area contributed by atoms with Crippen molar-refractivity contribution >= 4 is 12.0 Å². The minimum Gasteiger partial charge on any atom is -0.390 e. The Labute approximate surface area is 147 Å². The summed E-state index contributed by atoms with van der Waals surface area (Å²) in [5, 5.41) is 24.8. The maximum atomic E-state index is 12.6. The average molecular weight is 350 g/mol. The highest BCUT2D eigenvalue weighted by molar-refractivity contribution is 5.91. The molecule has 0 spiro atoms. The van der Waals surface area contributed by atoms with Crippen LogP contribution >= 0.6 is 0 Å². The summed E-state index contributed by atoms with van der Waals surface area (Å²) in [6.45, 7) is 3.42. The number of aromatic nitrogens is 2. The molecule has 0 aliphatic carbocycles. The van der Waals surface area contributed by atoms with Crippen molar-refractivity contribution in [2.75, 3.05) is 39.4 Å². The SMILES string of the molecule is Cn1nccc1/C=C/C(=O)N1CC[C@@H](O)[C@@H](O)[C@H](N2CCOCC2)C1. The molecule has 138 valence electrons. The van der Waals surface area contributed by atoms with Crippen LogP contribution in [0.15, 0.2) is 18.3 Å². The van der Waals surface area contributed by atoms with E-state index in [1.54, 1.807) is 21.9 Å². The second kappa shape index (κ2) is 8.09. The quantitative estimate of drug-likeness (QED) is 0.686. The van der Waals surface area contributed by atoms with Gasteiger partial charge in [0.05, 0.1) is 37.2 Å². The van der Waals surface area contributed by atoms with Gasteiger partial charge in [0.1, 0.15) is 0 Å². The number of hydrogen-bond donors (Lipinski definition) is 2. The summed E-state index contributed by atoms with van der Waals surface area (Å²) in [4.78, 5) is 16.4. The second-order valence-electron chi connectivity index (χ2n) is 6.56. The Morgan fingerprint density at radius 2 is 2.08 bits per heavy atom. The van der Waals surface area contributed by atoms with Gasteiger partial charge < -0.3 is 19.8 Å². The highest BCUT2D eigenvalue weighted by Crippen LogP contribution is 2.19. The molecular formula is C17H26N4O4. The molecule has 2 N–H and O–H groups in total. The molecule has 8 heteroatoms. The van der Waals surface area contributed by atoms with Gasteiger partial charge >= 0.3 is 0 Å². The first kappa shape index (κ1) is 18.1. The number of aryl methyl sites for hydroxylation is 1. The summed E-state index contributed by atoms with van der Waals surface area (Å²) >= 11 is 0. The fraction of sp³-hybridized carbons (Fsp3) is 0.647. The first-order chi connectivity index (χ1) is 12.1. The number of hydrogen-bond acceptors (Lipinski definition) is 6. The molecule has 1 aromatic heterocycles. The lowest BCUT2D eigenvalue weighted by molar-refractivity contribution is -0.127. The number of ether oxygens (including phenoxy) is 1. The Hall–Kier alpha value is -1.74. The van der Waals surface area contributed by atoms with Crippen LogP contribution in [0.2, 0.25) is 0 Å². The maximum absolute atomic E-state index is 12.6. The molecule has 2 fully saturated rings. The van der Waals surface area contributed by atoms with Crippen molar-refractivity contribution in [3.05, 3.63) is 24.0 Å². The van der Waals surface area contributed by atoms with Crippen LogP contribution in [-0.4, -0.2) is 93.3 Å². The number of carbonyl (C=O) groups is 1. The van der Waals surface area contributed by atoms with E-state index in [0.29, 0.717) is 45.8 Å². The molecular weight excluding hydrogens is 324 g/mol. The number of morpholine rings is 1. The van der Waals surface area contributed by atoms with Crippen LogP contribution in [0, 0.1) is 0 Å². The summed E-state index contributed by atoms with van der Waals surface area (Å²) in [6.07, 6.45) is 3.61. The summed E-state index contributed by atoms with van der Waals surface area (Å²) in [6, 6.07) is 1.55. The molecule has 1 aromatic rings. The lowest BCUT2D eigenvalue weighted by atomic mass is 10.0. The summed E-state index contributed by atoms with van der Waals surface area (Å²) in [5.41, 5.74) is 0.841. The summed E-state index contributed by atoms with van der Waals surface area (Å²) in [7, 11) is 1.82. The second-order valence-corrected chi connectivity index (χ2v) is 6.56. The number of amides is 1. The fourth-order valence-corrected chi connectivity index (χ4v) is 3.39. The highest BCUT2D eigenvalue weighted by Gasteiger charge is 2.37. The molecule has 0 saturated carbocycles. The maximum Gasteiger partial charge on any atom is 0.246 e. The minimum absolute atomic E-state index is 0.124. The van der Waals surface area contributed by atoms with E-state index in [0.717, 1.165) is 5.69 Å². The van der Waals surface area contributed by atoms with Gasteiger partial charge in [0.15, 0.2) is 0 Å². The van der Waals surface area contributed by atoms with Gasteiger partial charge in [-0.3, -0.25) is 14.4 Å². The number of aliphatic hydroxyl groups is 2. The third-order valence-corrected chi connectivity index (χ3v) is 4.97. The first-order valence-electron chi connectivity index (χ1n) is 8.69. The van der Waals surface area contributed by atoms with Crippen molar-refractivity contribution in [2.45, 2.75) is 24.7 Å². The van der Waals surface area contributed by atoms with Crippen molar-refractivity contribution in [1.82, 2.24) is 19.6 Å². The molecule has 1 amide bonds. The topological polar surface area (TPSA) is 91.1 Å². The van der Waals surface area contributed by atoms with E-state index >= 15 is 0 Å². The number of rotatable bonds is 3. The van der Waals surface area contributed by atoms with Gasteiger partial charge in [-0.2, -0.15) is 5.10 Å². The fourth-order valence-electron chi connectivity index (χ4n) is 3.39. The molecule has 25 heavy (non-hydrogen) atoms. The molecule has 3 rings (SSSR count). The zero-order valence-electron chi connectivity index (χ0n) is 14.5. The van der Waals surface area contributed by atoms with Gasteiger partial charge in [0.25, 0.3) is 0 Å². The molecule has 0 unspecified atom stereocenters. The van der Waals surface area contributed by atoms with Crippen molar-refractivity contribution in [3.8, 4) is 0 Å². The largest absolute Gasteiger partial charge is 0.390 e. The first-order valence-corrected chi connectivity index (χ1v) is 8.69. The molecule has 0 aromatic carbocycles. The summed E-state index contributed by atoms with van der Waals surface area (Å²) in [5.74, 6) is -0.124. The van der Waals surface area contributed by atoms with Gasteiger partial charge in [-0.1, -0.05) is 0 Å². The van der Waals surface area contributed by atoms with Crippen LogP contribution in [-0.2, 0) is 16.6 Å².